The zero-order chi connectivity index (χ0) is 13.1. The van der Waals surface area contributed by atoms with Crippen molar-refractivity contribution in [3.8, 4) is 0 Å². The number of rotatable bonds is 4. The second-order valence-corrected chi connectivity index (χ2v) is 5.05. The van der Waals surface area contributed by atoms with E-state index in [1.165, 1.54) is 18.5 Å². The van der Waals surface area contributed by atoms with Crippen LogP contribution in [-0.4, -0.2) is 14.8 Å². The minimum atomic E-state index is -0.272. The van der Waals surface area contributed by atoms with Crippen molar-refractivity contribution in [2.24, 2.45) is 0 Å². The van der Waals surface area contributed by atoms with Crippen molar-refractivity contribution in [2.75, 3.05) is 5.32 Å². The smallest absolute Gasteiger partial charge is 0.146 e. The third kappa shape index (κ3) is 2.87. The second kappa shape index (κ2) is 5.48. The fraction of sp³-hybridized carbons (Fsp3) is 0.333. The SMILES string of the molecule is CC(C)n1ncnc1CNc1cc(F)ccc1Br. The Morgan fingerprint density at radius 3 is 2.94 bits per heavy atom. The lowest BCUT2D eigenvalue weighted by Crippen LogP contribution is -2.12. The van der Waals surface area contributed by atoms with Gasteiger partial charge in [-0.3, -0.25) is 0 Å². The van der Waals surface area contributed by atoms with Crippen LogP contribution < -0.4 is 5.32 Å². The molecular weight excluding hydrogens is 299 g/mol. The summed E-state index contributed by atoms with van der Waals surface area (Å²) in [5.74, 6) is 0.548. The summed E-state index contributed by atoms with van der Waals surface area (Å²) >= 11 is 3.37. The summed E-state index contributed by atoms with van der Waals surface area (Å²) in [6, 6.07) is 4.77. The van der Waals surface area contributed by atoms with Gasteiger partial charge in [0.05, 0.1) is 12.2 Å². The van der Waals surface area contributed by atoms with E-state index in [1.807, 2.05) is 18.5 Å². The Bertz CT molecular complexity index is 539. The third-order valence-electron chi connectivity index (χ3n) is 2.50. The molecule has 0 unspecified atom stereocenters. The highest BCUT2D eigenvalue weighted by atomic mass is 79.9. The minimum absolute atomic E-state index is 0.250. The van der Waals surface area contributed by atoms with Gasteiger partial charge in [-0.25, -0.2) is 14.1 Å². The van der Waals surface area contributed by atoms with Gasteiger partial charge < -0.3 is 5.32 Å². The zero-order valence-electron chi connectivity index (χ0n) is 10.2. The molecule has 4 nitrogen and oxygen atoms in total. The molecule has 2 aromatic rings. The molecule has 6 heteroatoms. The van der Waals surface area contributed by atoms with Crippen molar-refractivity contribution in [3.05, 3.63) is 40.6 Å². The number of benzene rings is 1. The van der Waals surface area contributed by atoms with Crippen molar-refractivity contribution < 1.29 is 4.39 Å². The maximum atomic E-state index is 13.1. The molecule has 0 amide bonds. The summed E-state index contributed by atoms with van der Waals surface area (Å²) in [6.07, 6.45) is 1.53. The van der Waals surface area contributed by atoms with Gasteiger partial charge in [0.1, 0.15) is 18.0 Å². The normalized spacial score (nSPS) is 10.9. The van der Waals surface area contributed by atoms with Crippen LogP contribution in [0.25, 0.3) is 0 Å². The fourth-order valence-corrected chi connectivity index (χ4v) is 2.03. The quantitative estimate of drug-likeness (QED) is 0.941. The number of halogens is 2. The predicted octanol–water partition coefficient (Wildman–Crippen LogP) is 3.37. The van der Waals surface area contributed by atoms with Gasteiger partial charge in [0.2, 0.25) is 0 Å². The average Bonchev–Trinajstić information content (AvgIpc) is 2.79. The second-order valence-electron chi connectivity index (χ2n) is 4.19. The first kappa shape index (κ1) is 13.0. The standard InChI is InChI=1S/C12H14BrFN4/c1-8(2)18-12(16-7-17-18)6-15-11-5-9(14)3-4-10(11)13/h3-5,7-8,15H,6H2,1-2H3. The number of hydrogen-bond acceptors (Lipinski definition) is 3. The van der Waals surface area contributed by atoms with Gasteiger partial charge >= 0.3 is 0 Å². The van der Waals surface area contributed by atoms with Crippen molar-refractivity contribution in [2.45, 2.75) is 26.4 Å². The summed E-state index contributed by atoms with van der Waals surface area (Å²) in [4.78, 5) is 4.18. The molecule has 0 radical (unpaired) electrons. The first-order chi connectivity index (χ1) is 8.58. The van der Waals surface area contributed by atoms with Crippen molar-refractivity contribution in [1.29, 1.82) is 0 Å². The molecule has 0 bridgehead atoms. The van der Waals surface area contributed by atoms with Crippen molar-refractivity contribution >= 4 is 21.6 Å². The van der Waals surface area contributed by atoms with Gasteiger partial charge in [0.25, 0.3) is 0 Å². The number of aromatic nitrogens is 3. The molecule has 18 heavy (non-hydrogen) atoms. The lowest BCUT2D eigenvalue weighted by molar-refractivity contribution is 0.509. The summed E-state index contributed by atoms with van der Waals surface area (Å²) in [5.41, 5.74) is 0.702. The third-order valence-corrected chi connectivity index (χ3v) is 3.19. The van der Waals surface area contributed by atoms with E-state index in [2.05, 4.69) is 31.3 Å². The monoisotopic (exact) mass is 312 g/mol. The molecule has 1 N–H and O–H groups in total. The maximum Gasteiger partial charge on any atom is 0.146 e. The fourth-order valence-electron chi connectivity index (χ4n) is 1.64. The molecule has 1 heterocycles. The van der Waals surface area contributed by atoms with Crippen LogP contribution in [0.5, 0.6) is 0 Å². The molecule has 0 atom stereocenters. The molecule has 0 aliphatic carbocycles. The summed E-state index contributed by atoms with van der Waals surface area (Å²) in [5, 5.41) is 7.29. The van der Waals surface area contributed by atoms with Crippen LogP contribution in [0.1, 0.15) is 25.7 Å². The molecule has 2 rings (SSSR count). The first-order valence-electron chi connectivity index (χ1n) is 5.65. The van der Waals surface area contributed by atoms with E-state index >= 15 is 0 Å². The summed E-state index contributed by atoms with van der Waals surface area (Å²) in [6.45, 7) is 4.58. The van der Waals surface area contributed by atoms with Gasteiger partial charge in [-0.2, -0.15) is 5.10 Å². The largest absolute Gasteiger partial charge is 0.377 e. The highest BCUT2D eigenvalue weighted by Gasteiger charge is 2.08. The molecule has 0 fully saturated rings. The van der Waals surface area contributed by atoms with Crippen LogP contribution in [-0.2, 0) is 6.54 Å². The Morgan fingerprint density at radius 1 is 1.44 bits per heavy atom. The number of anilines is 1. The van der Waals surface area contributed by atoms with Crippen molar-refractivity contribution in [1.82, 2.24) is 14.8 Å². The van der Waals surface area contributed by atoms with E-state index < -0.39 is 0 Å². The first-order valence-corrected chi connectivity index (χ1v) is 6.44. The van der Waals surface area contributed by atoms with Gasteiger partial charge in [-0.15, -0.1) is 0 Å². The molecule has 96 valence electrons. The Balaban J connectivity index is 2.11. The topological polar surface area (TPSA) is 42.7 Å². The van der Waals surface area contributed by atoms with Crippen LogP contribution in [0.4, 0.5) is 10.1 Å². The van der Waals surface area contributed by atoms with E-state index in [-0.39, 0.29) is 11.9 Å². The molecule has 1 aromatic carbocycles. The van der Waals surface area contributed by atoms with Gasteiger partial charge in [0.15, 0.2) is 0 Å². The van der Waals surface area contributed by atoms with Gasteiger partial charge in [-0.05, 0) is 48.0 Å². The van der Waals surface area contributed by atoms with E-state index in [4.69, 9.17) is 0 Å². The Kier molecular flexibility index (Phi) is 3.96. The lowest BCUT2D eigenvalue weighted by Gasteiger charge is -2.11. The molecule has 0 saturated heterocycles. The van der Waals surface area contributed by atoms with Crippen LogP contribution >= 0.6 is 15.9 Å². The zero-order valence-corrected chi connectivity index (χ0v) is 11.8. The van der Waals surface area contributed by atoms with Crippen molar-refractivity contribution in [3.63, 3.8) is 0 Å². The minimum Gasteiger partial charge on any atom is -0.377 e. The number of nitrogens with one attached hydrogen (secondary N) is 1. The number of hydrogen-bond donors (Lipinski definition) is 1. The Hall–Kier alpha value is -1.43. The molecule has 0 saturated carbocycles. The van der Waals surface area contributed by atoms with E-state index in [0.717, 1.165) is 10.3 Å². The Labute approximate surface area is 113 Å². The molecule has 0 aliphatic heterocycles. The van der Waals surface area contributed by atoms with Crippen LogP contribution in [0, 0.1) is 5.82 Å². The highest BCUT2D eigenvalue weighted by molar-refractivity contribution is 9.10. The lowest BCUT2D eigenvalue weighted by atomic mass is 10.3. The maximum absolute atomic E-state index is 13.1. The highest BCUT2D eigenvalue weighted by Crippen LogP contribution is 2.23. The van der Waals surface area contributed by atoms with E-state index in [0.29, 0.717) is 12.2 Å². The summed E-state index contributed by atoms with van der Waals surface area (Å²) < 4.78 is 15.8. The van der Waals surface area contributed by atoms with Crippen LogP contribution in [0.3, 0.4) is 0 Å². The number of nitrogens with zero attached hydrogens (tertiary/aromatic N) is 3. The Morgan fingerprint density at radius 2 is 2.22 bits per heavy atom. The predicted molar refractivity (Wildman–Crippen MR) is 71.8 cm³/mol. The molecule has 0 aliphatic rings. The molecule has 0 spiro atoms. The summed E-state index contributed by atoms with van der Waals surface area (Å²) in [7, 11) is 0. The molecule has 1 aromatic heterocycles. The van der Waals surface area contributed by atoms with E-state index in [1.54, 1.807) is 6.07 Å². The van der Waals surface area contributed by atoms with Crippen LogP contribution in [0.15, 0.2) is 29.0 Å². The van der Waals surface area contributed by atoms with E-state index in [9.17, 15) is 4.39 Å². The van der Waals surface area contributed by atoms with Gasteiger partial charge in [0, 0.05) is 10.5 Å². The van der Waals surface area contributed by atoms with Crippen LogP contribution in [0.2, 0.25) is 0 Å². The van der Waals surface area contributed by atoms with Gasteiger partial charge in [-0.1, -0.05) is 0 Å². The average molecular weight is 313 g/mol. The molecular formula is C12H14BrFN4.